The number of methoxy groups -OCH3 is 2. The summed E-state index contributed by atoms with van der Waals surface area (Å²) in [5.41, 5.74) is 2.39. The van der Waals surface area contributed by atoms with Crippen LogP contribution in [-0.2, 0) is 4.74 Å². The average Bonchev–Trinajstić information content (AvgIpc) is 2.71. The largest absolute Gasteiger partial charge is 0.497 e. The lowest BCUT2D eigenvalue weighted by molar-refractivity contribution is 0.0949. The van der Waals surface area contributed by atoms with Crippen molar-refractivity contribution in [1.29, 1.82) is 0 Å². The molecule has 2 rings (SSSR count). The highest BCUT2D eigenvalue weighted by Gasteiger charge is 2.14. The van der Waals surface area contributed by atoms with E-state index >= 15 is 0 Å². The Labute approximate surface area is 171 Å². The second kappa shape index (κ2) is 10.9. The third-order valence-electron chi connectivity index (χ3n) is 4.14. The van der Waals surface area contributed by atoms with Crippen molar-refractivity contribution in [3.8, 4) is 5.75 Å². The predicted octanol–water partition coefficient (Wildman–Crippen LogP) is 3.17. The van der Waals surface area contributed by atoms with Gasteiger partial charge in [0.2, 0.25) is 0 Å². The number of hydrogen-bond donors (Lipinski definition) is 3. The highest BCUT2D eigenvalue weighted by atomic mass is 16.5. The minimum Gasteiger partial charge on any atom is -0.497 e. The van der Waals surface area contributed by atoms with Crippen LogP contribution in [0.15, 0.2) is 42.5 Å². The van der Waals surface area contributed by atoms with Crippen LogP contribution in [-0.4, -0.2) is 53.4 Å². The van der Waals surface area contributed by atoms with Crippen molar-refractivity contribution in [2.24, 2.45) is 0 Å². The fourth-order valence-electron chi connectivity index (χ4n) is 2.67. The fourth-order valence-corrected chi connectivity index (χ4v) is 2.67. The Hall–Kier alpha value is -3.26. The van der Waals surface area contributed by atoms with Crippen LogP contribution in [0, 0.1) is 0 Å². The van der Waals surface area contributed by atoms with Crippen molar-refractivity contribution in [2.75, 3.05) is 57.0 Å². The molecular formula is C21H28N4O4. The van der Waals surface area contributed by atoms with Crippen LogP contribution in [0.5, 0.6) is 5.75 Å². The summed E-state index contributed by atoms with van der Waals surface area (Å²) >= 11 is 0. The maximum absolute atomic E-state index is 12.6. The topological polar surface area (TPSA) is 91.9 Å². The van der Waals surface area contributed by atoms with E-state index in [2.05, 4.69) is 16.0 Å². The van der Waals surface area contributed by atoms with Gasteiger partial charge in [0.1, 0.15) is 5.75 Å². The number of hydrogen-bond acceptors (Lipinski definition) is 5. The van der Waals surface area contributed by atoms with Crippen LogP contribution in [0.3, 0.4) is 0 Å². The lowest BCUT2D eigenvalue weighted by atomic mass is 10.1. The molecule has 2 aromatic rings. The molecule has 156 valence electrons. The summed E-state index contributed by atoms with van der Waals surface area (Å²) in [4.78, 5) is 26.8. The Morgan fingerprint density at radius 3 is 2.24 bits per heavy atom. The van der Waals surface area contributed by atoms with Crippen molar-refractivity contribution in [1.82, 2.24) is 5.32 Å². The highest BCUT2D eigenvalue weighted by molar-refractivity contribution is 6.03. The van der Waals surface area contributed by atoms with Gasteiger partial charge in [0, 0.05) is 51.4 Å². The number of nitrogens with zero attached hydrogens (tertiary/aromatic N) is 1. The molecule has 0 saturated heterocycles. The first-order valence-corrected chi connectivity index (χ1v) is 9.25. The number of ether oxygens (including phenoxy) is 2. The third-order valence-corrected chi connectivity index (χ3v) is 4.14. The summed E-state index contributed by atoms with van der Waals surface area (Å²) in [6.45, 7) is 1.09. The van der Waals surface area contributed by atoms with Gasteiger partial charge in [-0.15, -0.1) is 0 Å². The molecule has 0 unspecified atom stereocenters. The van der Waals surface area contributed by atoms with E-state index in [1.165, 1.54) is 0 Å². The van der Waals surface area contributed by atoms with Gasteiger partial charge in [-0.3, -0.25) is 4.79 Å². The fraction of sp³-hybridized carbons (Fsp3) is 0.333. The number of anilines is 3. The number of carbonyl (C=O) groups is 2. The Kier molecular flexibility index (Phi) is 8.29. The first-order chi connectivity index (χ1) is 13.9. The van der Waals surface area contributed by atoms with E-state index in [0.29, 0.717) is 35.8 Å². The zero-order valence-corrected chi connectivity index (χ0v) is 17.2. The molecule has 0 bridgehead atoms. The molecule has 0 fully saturated rings. The normalized spacial score (nSPS) is 10.2. The Morgan fingerprint density at radius 1 is 0.966 bits per heavy atom. The second-order valence-electron chi connectivity index (χ2n) is 6.54. The molecule has 0 heterocycles. The van der Waals surface area contributed by atoms with Gasteiger partial charge in [-0.2, -0.15) is 0 Å². The van der Waals surface area contributed by atoms with E-state index in [9.17, 15) is 9.59 Å². The van der Waals surface area contributed by atoms with Crippen LogP contribution in [0.1, 0.15) is 16.8 Å². The van der Waals surface area contributed by atoms with E-state index < -0.39 is 6.03 Å². The van der Waals surface area contributed by atoms with Gasteiger partial charge in [-0.1, -0.05) is 0 Å². The molecular weight excluding hydrogens is 372 g/mol. The quantitative estimate of drug-likeness (QED) is 0.563. The molecule has 0 aromatic heterocycles. The molecule has 29 heavy (non-hydrogen) atoms. The molecule has 0 radical (unpaired) electrons. The molecule has 0 aliphatic heterocycles. The Balaban J connectivity index is 2.07. The number of urea groups is 1. The number of amides is 3. The summed E-state index contributed by atoms with van der Waals surface area (Å²) in [6.07, 6.45) is 0.724. The van der Waals surface area contributed by atoms with E-state index in [4.69, 9.17) is 9.47 Å². The second-order valence-corrected chi connectivity index (χ2v) is 6.54. The maximum Gasteiger partial charge on any atom is 0.323 e. The van der Waals surface area contributed by atoms with Crippen molar-refractivity contribution in [3.63, 3.8) is 0 Å². The lowest BCUT2D eigenvalue weighted by Crippen LogP contribution is -2.27. The number of rotatable bonds is 9. The molecule has 3 N–H and O–H groups in total. The van der Waals surface area contributed by atoms with Gasteiger partial charge in [-0.25, -0.2) is 4.79 Å². The summed E-state index contributed by atoms with van der Waals surface area (Å²) in [6, 6.07) is 11.8. The summed E-state index contributed by atoms with van der Waals surface area (Å²) in [5, 5.41) is 8.38. The van der Waals surface area contributed by atoms with Crippen molar-refractivity contribution in [2.45, 2.75) is 6.42 Å². The Morgan fingerprint density at radius 2 is 1.62 bits per heavy atom. The molecule has 0 spiro atoms. The number of nitrogens with one attached hydrogen (secondary N) is 3. The average molecular weight is 400 g/mol. The zero-order valence-electron chi connectivity index (χ0n) is 17.2. The van der Waals surface area contributed by atoms with Crippen molar-refractivity contribution >= 4 is 29.0 Å². The lowest BCUT2D eigenvalue weighted by Gasteiger charge is -2.18. The number of benzene rings is 2. The van der Waals surface area contributed by atoms with Gasteiger partial charge in [0.25, 0.3) is 5.91 Å². The van der Waals surface area contributed by atoms with Crippen LogP contribution < -0.4 is 25.6 Å². The molecule has 3 amide bonds. The van der Waals surface area contributed by atoms with E-state index in [-0.39, 0.29) is 5.91 Å². The van der Waals surface area contributed by atoms with Crippen LogP contribution >= 0.6 is 0 Å². The molecule has 8 nitrogen and oxygen atoms in total. The van der Waals surface area contributed by atoms with Gasteiger partial charge < -0.3 is 30.3 Å². The highest BCUT2D eigenvalue weighted by Crippen LogP contribution is 2.23. The first kappa shape index (κ1) is 22.0. The van der Waals surface area contributed by atoms with Crippen LogP contribution in [0.4, 0.5) is 21.9 Å². The predicted molar refractivity (Wildman–Crippen MR) is 115 cm³/mol. The summed E-state index contributed by atoms with van der Waals surface area (Å²) in [5.74, 6) is 0.500. The Bertz CT molecular complexity index is 822. The molecule has 0 aliphatic carbocycles. The van der Waals surface area contributed by atoms with E-state index in [0.717, 1.165) is 12.1 Å². The molecule has 0 aliphatic rings. The SMILES string of the molecule is COCCCNC(=O)c1cc(NC(=O)Nc2ccc(OC)cc2)ccc1N(C)C. The molecule has 0 saturated carbocycles. The first-order valence-electron chi connectivity index (χ1n) is 9.25. The zero-order chi connectivity index (χ0) is 21.2. The summed E-state index contributed by atoms with van der Waals surface area (Å²) < 4.78 is 10.1. The molecule has 0 atom stereocenters. The molecule has 8 heteroatoms. The standard InChI is InChI=1S/C21H28N4O4/c1-25(2)19-11-8-16(14-18(19)20(26)22-12-5-13-28-3)24-21(27)23-15-6-9-17(29-4)10-7-15/h6-11,14H,5,12-13H2,1-4H3,(H,22,26)(H2,23,24,27). The van der Waals surface area contributed by atoms with Gasteiger partial charge in [0.05, 0.1) is 12.7 Å². The van der Waals surface area contributed by atoms with Crippen LogP contribution in [0.25, 0.3) is 0 Å². The van der Waals surface area contributed by atoms with E-state index in [1.807, 2.05) is 19.0 Å². The monoisotopic (exact) mass is 400 g/mol. The van der Waals surface area contributed by atoms with Gasteiger partial charge in [-0.05, 0) is 48.9 Å². The minimum absolute atomic E-state index is 0.205. The minimum atomic E-state index is -0.403. The van der Waals surface area contributed by atoms with Gasteiger partial charge >= 0.3 is 6.03 Å². The molecule has 2 aromatic carbocycles. The maximum atomic E-state index is 12.6. The van der Waals surface area contributed by atoms with Crippen molar-refractivity contribution in [3.05, 3.63) is 48.0 Å². The summed E-state index contributed by atoms with van der Waals surface area (Å²) in [7, 11) is 6.93. The van der Waals surface area contributed by atoms with Gasteiger partial charge in [0.15, 0.2) is 0 Å². The van der Waals surface area contributed by atoms with Crippen LogP contribution in [0.2, 0.25) is 0 Å². The smallest absolute Gasteiger partial charge is 0.323 e. The third kappa shape index (κ3) is 6.69. The number of carbonyl (C=O) groups excluding carboxylic acids is 2. The van der Waals surface area contributed by atoms with Crippen molar-refractivity contribution < 1.29 is 19.1 Å². The van der Waals surface area contributed by atoms with E-state index in [1.54, 1.807) is 56.7 Å².